The summed E-state index contributed by atoms with van der Waals surface area (Å²) in [6.07, 6.45) is 4.73. The van der Waals surface area contributed by atoms with E-state index in [9.17, 15) is 0 Å². The van der Waals surface area contributed by atoms with E-state index in [0.717, 1.165) is 22.6 Å². The van der Waals surface area contributed by atoms with Crippen molar-refractivity contribution in [3.63, 3.8) is 0 Å². The lowest BCUT2D eigenvalue weighted by Gasteiger charge is -2.31. The number of hydrogen-bond acceptors (Lipinski definition) is 2. The van der Waals surface area contributed by atoms with Crippen LogP contribution in [0.3, 0.4) is 0 Å². The predicted octanol–water partition coefficient (Wildman–Crippen LogP) is 5.65. The summed E-state index contributed by atoms with van der Waals surface area (Å²) in [7, 11) is 0. The van der Waals surface area contributed by atoms with Crippen molar-refractivity contribution in [1.82, 2.24) is 0 Å². The summed E-state index contributed by atoms with van der Waals surface area (Å²) in [5, 5.41) is 0. The lowest BCUT2D eigenvalue weighted by atomic mass is 9.82. The zero-order valence-electron chi connectivity index (χ0n) is 12.2. The Kier molecular flexibility index (Phi) is 7.30. The van der Waals surface area contributed by atoms with Gasteiger partial charge in [0.2, 0.25) is 0 Å². The molecule has 0 aromatic heterocycles. The largest absolute Gasteiger partial charge is 0.493 e. The molecule has 1 aromatic rings. The Morgan fingerprint density at radius 3 is 2.32 bits per heavy atom. The molecule has 0 N–H and O–H groups in total. The van der Waals surface area contributed by atoms with E-state index in [-0.39, 0.29) is 5.41 Å². The predicted molar refractivity (Wildman–Crippen MR) is 90.5 cm³/mol. The van der Waals surface area contributed by atoms with Gasteiger partial charge in [-0.15, -0.1) is 0 Å². The van der Waals surface area contributed by atoms with E-state index in [4.69, 9.17) is 4.74 Å². The molecule has 0 bridgehead atoms. The third-order valence-electron chi connectivity index (χ3n) is 3.57. The van der Waals surface area contributed by atoms with Crippen LogP contribution in [0.4, 0.5) is 0 Å². The molecule has 0 spiro atoms. The van der Waals surface area contributed by atoms with Crippen LogP contribution in [0.25, 0.3) is 0 Å². The monoisotopic (exact) mass is 344 g/mol. The first kappa shape index (κ1) is 16.9. The van der Waals surface area contributed by atoms with Crippen LogP contribution >= 0.6 is 28.6 Å². The molecular weight excluding hydrogens is 320 g/mol. The highest BCUT2D eigenvalue weighted by molar-refractivity contribution is 9.10. The Morgan fingerprint density at radius 2 is 1.84 bits per heavy atom. The van der Waals surface area contributed by atoms with Crippen molar-refractivity contribution in [2.75, 3.05) is 12.4 Å². The highest BCUT2D eigenvalue weighted by Crippen LogP contribution is 2.32. The SMILES string of the molecule is CCCC(CS)(CCC)COc1ccc(Br)c(C)c1. The molecule has 108 valence electrons. The number of ether oxygens (including phenoxy) is 1. The lowest BCUT2D eigenvalue weighted by Crippen LogP contribution is -2.30. The molecule has 19 heavy (non-hydrogen) atoms. The molecule has 0 aliphatic heterocycles. The van der Waals surface area contributed by atoms with Gasteiger partial charge in [0.25, 0.3) is 0 Å². The first-order valence-electron chi connectivity index (χ1n) is 7.06. The number of benzene rings is 1. The summed E-state index contributed by atoms with van der Waals surface area (Å²) in [5.74, 6) is 1.85. The minimum atomic E-state index is 0.216. The van der Waals surface area contributed by atoms with Crippen molar-refractivity contribution in [1.29, 1.82) is 0 Å². The average Bonchev–Trinajstić information content (AvgIpc) is 2.40. The van der Waals surface area contributed by atoms with E-state index in [1.807, 2.05) is 12.1 Å². The minimum Gasteiger partial charge on any atom is -0.493 e. The number of hydrogen-bond donors (Lipinski definition) is 1. The van der Waals surface area contributed by atoms with Gasteiger partial charge in [-0.3, -0.25) is 0 Å². The van der Waals surface area contributed by atoms with Crippen molar-refractivity contribution < 1.29 is 4.74 Å². The highest BCUT2D eigenvalue weighted by atomic mass is 79.9. The van der Waals surface area contributed by atoms with Gasteiger partial charge in [-0.1, -0.05) is 42.6 Å². The Balaban J connectivity index is 2.71. The van der Waals surface area contributed by atoms with Crippen LogP contribution < -0.4 is 4.74 Å². The maximum atomic E-state index is 6.03. The fourth-order valence-corrected chi connectivity index (χ4v) is 3.13. The van der Waals surface area contributed by atoms with Crippen molar-refractivity contribution in [2.24, 2.45) is 5.41 Å². The van der Waals surface area contributed by atoms with Crippen LogP contribution in [-0.4, -0.2) is 12.4 Å². The molecule has 0 saturated heterocycles. The molecular formula is C16H25BrOS. The van der Waals surface area contributed by atoms with Crippen LogP contribution in [0.2, 0.25) is 0 Å². The topological polar surface area (TPSA) is 9.23 Å². The van der Waals surface area contributed by atoms with E-state index >= 15 is 0 Å². The number of aryl methyl sites for hydroxylation is 1. The molecule has 0 unspecified atom stereocenters. The van der Waals surface area contributed by atoms with E-state index in [1.165, 1.54) is 31.2 Å². The van der Waals surface area contributed by atoms with E-state index in [2.05, 4.69) is 55.4 Å². The second-order valence-corrected chi connectivity index (χ2v) is 6.53. The van der Waals surface area contributed by atoms with Gasteiger partial charge >= 0.3 is 0 Å². The average molecular weight is 345 g/mol. The van der Waals surface area contributed by atoms with Crippen molar-refractivity contribution in [3.8, 4) is 5.75 Å². The maximum absolute atomic E-state index is 6.03. The van der Waals surface area contributed by atoms with Gasteiger partial charge in [0.15, 0.2) is 0 Å². The quantitative estimate of drug-likeness (QED) is 0.599. The summed E-state index contributed by atoms with van der Waals surface area (Å²) >= 11 is 8.08. The fraction of sp³-hybridized carbons (Fsp3) is 0.625. The summed E-state index contributed by atoms with van der Waals surface area (Å²) in [6.45, 7) is 7.31. The smallest absolute Gasteiger partial charge is 0.119 e. The molecule has 0 aliphatic rings. The first-order valence-corrected chi connectivity index (χ1v) is 8.49. The Bertz CT molecular complexity index is 386. The lowest BCUT2D eigenvalue weighted by molar-refractivity contribution is 0.143. The summed E-state index contributed by atoms with van der Waals surface area (Å²) in [5.41, 5.74) is 1.42. The second-order valence-electron chi connectivity index (χ2n) is 5.36. The first-order chi connectivity index (χ1) is 9.06. The molecule has 1 rings (SSSR count). The number of rotatable bonds is 8. The van der Waals surface area contributed by atoms with Crippen molar-refractivity contribution in [2.45, 2.75) is 46.5 Å². The van der Waals surface area contributed by atoms with Crippen LogP contribution in [-0.2, 0) is 0 Å². The summed E-state index contributed by atoms with van der Waals surface area (Å²) in [6, 6.07) is 6.16. The van der Waals surface area contributed by atoms with Gasteiger partial charge in [-0.2, -0.15) is 12.6 Å². The third-order valence-corrected chi connectivity index (χ3v) is 5.13. The van der Waals surface area contributed by atoms with Crippen molar-refractivity contribution in [3.05, 3.63) is 28.2 Å². The highest BCUT2D eigenvalue weighted by Gasteiger charge is 2.27. The summed E-state index contributed by atoms with van der Waals surface area (Å²) in [4.78, 5) is 0. The van der Waals surface area contributed by atoms with Gasteiger partial charge in [-0.25, -0.2) is 0 Å². The van der Waals surface area contributed by atoms with Crippen LogP contribution in [0.15, 0.2) is 22.7 Å². The molecule has 0 atom stereocenters. The van der Waals surface area contributed by atoms with Crippen molar-refractivity contribution >= 4 is 28.6 Å². The molecule has 0 saturated carbocycles. The van der Waals surface area contributed by atoms with E-state index in [1.54, 1.807) is 0 Å². The fourth-order valence-electron chi connectivity index (χ4n) is 2.48. The van der Waals surface area contributed by atoms with Gasteiger partial charge in [0.05, 0.1) is 6.61 Å². The van der Waals surface area contributed by atoms with E-state index in [0.29, 0.717) is 0 Å². The number of halogens is 1. The summed E-state index contributed by atoms with van der Waals surface area (Å²) < 4.78 is 7.16. The molecule has 0 amide bonds. The van der Waals surface area contributed by atoms with Gasteiger partial charge in [0.1, 0.15) is 5.75 Å². The maximum Gasteiger partial charge on any atom is 0.119 e. The Labute approximate surface area is 131 Å². The molecule has 0 fully saturated rings. The van der Waals surface area contributed by atoms with Crippen LogP contribution in [0.5, 0.6) is 5.75 Å². The molecule has 0 radical (unpaired) electrons. The van der Waals surface area contributed by atoms with Gasteiger partial charge < -0.3 is 4.74 Å². The Hall–Kier alpha value is -0.150. The molecule has 0 aliphatic carbocycles. The van der Waals surface area contributed by atoms with Crippen LogP contribution in [0.1, 0.15) is 45.1 Å². The zero-order chi connectivity index (χ0) is 14.3. The molecule has 0 heterocycles. The number of thiol groups is 1. The molecule has 1 nitrogen and oxygen atoms in total. The molecule has 3 heteroatoms. The Morgan fingerprint density at radius 1 is 1.21 bits per heavy atom. The third kappa shape index (κ3) is 5.03. The van der Waals surface area contributed by atoms with E-state index < -0.39 is 0 Å². The van der Waals surface area contributed by atoms with Gasteiger partial charge in [-0.05, 0) is 49.3 Å². The minimum absolute atomic E-state index is 0.216. The standard InChI is InChI=1S/C16H25BrOS/c1-4-8-16(12-19,9-5-2)11-18-14-6-7-15(17)13(3)10-14/h6-7,10,19H,4-5,8-9,11-12H2,1-3H3. The normalized spacial score (nSPS) is 11.6. The second kappa shape index (κ2) is 8.21. The van der Waals surface area contributed by atoms with Crippen LogP contribution in [0, 0.1) is 12.3 Å². The molecule has 1 aromatic carbocycles. The zero-order valence-corrected chi connectivity index (χ0v) is 14.7. The van der Waals surface area contributed by atoms with Gasteiger partial charge in [0, 0.05) is 9.89 Å².